The van der Waals surface area contributed by atoms with Crippen LogP contribution in [0.3, 0.4) is 0 Å². The first kappa shape index (κ1) is 18.6. The van der Waals surface area contributed by atoms with Crippen LogP contribution in [0.5, 0.6) is 0 Å². The van der Waals surface area contributed by atoms with E-state index in [-0.39, 0.29) is 5.15 Å². The van der Waals surface area contributed by atoms with E-state index in [1.54, 1.807) is 31.2 Å². The van der Waals surface area contributed by atoms with Gasteiger partial charge in [-0.3, -0.25) is 9.59 Å². The van der Waals surface area contributed by atoms with Crippen molar-refractivity contribution in [3.05, 3.63) is 52.8 Å². The number of carbonyl (C=O) groups is 2. The fourth-order valence-electron chi connectivity index (χ4n) is 1.68. The minimum atomic E-state index is -0.484. The minimum Gasteiger partial charge on any atom is -0.455 e. The van der Waals surface area contributed by atoms with Gasteiger partial charge >= 0.3 is 5.97 Å². The summed E-state index contributed by atoms with van der Waals surface area (Å²) in [6, 6.07) is 10.4. The highest BCUT2D eigenvalue weighted by molar-refractivity contribution is 8.00. The summed E-state index contributed by atoms with van der Waals surface area (Å²) < 4.78 is 5.01. The second-order valence-corrected chi connectivity index (χ2v) is 6.92. The Bertz CT molecular complexity index is 726. The standard InChI is InChI=1S/C16H14Cl2N2O3S/c1-10(24-12-6-4-11(17)5-7-12)16(22)23-9-14(21)20-13-3-2-8-19-15(13)18/h2-8,10H,9H2,1H3,(H,20,21)/t10-/m1/s1. The molecule has 2 rings (SSSR count). The highest BCUT2D eigenvalue weighted by Gasteiger charge is 2.17. The molecule has 0 aliphatic carbocycles. The minimum absolute atomic E-state index is 0.170. The summed E-state index contributed by atoms with van der Waals surface area (Å²) >= 11 is 13.0. The summed E-state index contributed by atoms with van der Waals surface area (Å²) in [5.74, 6) is -0.968. The van der Waals surface area contributed by atoms with Crippen LogP contribution in [-0.2, 0) is 14.3 Å². The maximum Gasteiger partial charge on any atom is 0.319 e. The van der Waals surface area contributed by atoms with E-state index in [9.17, 15) is 9.59 Å². The largest absolute Gasteiger partial charge is 0.455 e. The van der Waals surface area contributed by atoms with Gasteiger partial charge in [-0.2, -0.15) is 0 Å². The Balaban J connectivity index is 1.80. The normalized spacial score (nSPS) is 11.6. The predicted molar refractivity (Wildman–Crippen MR) is 95.6 cm³/mol. The van der Waals surface area contributed by atoms with E-state index >= 15 is 0 Å². The molecule has 0 fully saturated rings. The van der Waals surface area contributed by atoms with Gasteiger partial charge in [-0.1, -0.05) is 23.2 Å². The average Bonchev–Trinajstić information content (AvgIpc) is 2.57. The first-order valence-electron chi connectivity index (χ1n) is 6.95. The summed E-state index contributed by atoms with van der Waals surface area (Å²) in [5.41, 5.74) is 0.365. The second-order valence-electron chi connectivity index (χ2n) is 4.71. The zero-order chi connectivity index (χ0) is 17.5. The van der Waals surface area contributed by atoms with Crippen LogP contribution in [0.1, 0.15) is 6.92 Å². The monoisotopic (exact) mass is 384 g/mol. The molecular weight excluding hydrogens is 371 g/mol. The first-order valence-corrected chi connectivity index (χ1v) is 8.58. The van der Waals surface area contributed by atoms with Gasteiger partial charge in [0, 0.05) is 16.1 Å². The lowest BCUT2D eigenvalue weighted by Gasteiger charge is -2.11. The van der Waals surface area contributed by atoms with Crippen LogP contribution in [0.4, 0.5) is 5.69 Å². The number of pyridine rings is 1. The molecule has 1 heterocycles. The van der Waals surface area contributed by atoms with Crippen molar-refractivity contribution in [2.24, 2.45) is 0 Å². The van der Waals surface area contributed by atoms with Gasteiger partial charge in [-0.15, -0.1) is 11.8 Å². The molecule has 1 N–H and O–H groups in total. The van der Waals surface area contributed by atoms with E-state index in [1.165, 1.54) is 18.0 Å². The van der Waals surface area contributed by atoms with Crippen LogP contribution in [0, 0.1) is 0 Å². The van der Waals surface area contributed by atoms with Crippen LogP contribution in [-0.4, -0.2) is 28.7 Å². The molecule has 1 aromatic heterocycles. The third-order valence-electron chi connectivity index (χ3n) is 2.84. The lowest BCUT2D eigenvalue weighted by atomic mass is 10.4. The number of nitrogens with zero attached hydrogens (tertiary/aromatic N) is 1. The number of anilines is 1. The molecule has 5 nitrogen and oxygen atoms in total. The van der Waals surface area contributed by atoms with Crippen molar-refractivity contribution in [1.29, 1.82) is 0 Å². The van der Waals surface area contributed by atoms with Crippen LogP contribution >= 0.6 is 35.0 Å². The predicted octanol–water partition coefficient (Wildman–Crippen LogP) is 4.05. The van der Waals surface area contributed by atoms with E-state index in [0.29, 0.717) is 10.7 Å². The SMILES string of the molecule is C[C@@H](Sc1ccc(Cl)cc1)C(=O)OCC(=O)Nc1cccnc1Cl. The zero-order valence-electron chi connectivity index (χ0n) is 12.7. The van der Waals surface area contributed by atoms with E-state index in [2.05, 4.69) is 10.3 Å². The molecule has 8 heteroatoms. The molecule has 126 valence electrons. The van der Waals surface area contributed by atoms with E-state index in [4.69, 9.17) is 27.9 Å². The fourth-order valence-corrected chi connectivity index (χ4v) is 2.84. The van der Waals surface area contributed by atoms with Crippen LogP contribution in [0.2, 0.25) is 10.2 Å². The van der Waals surface area contributed by atoms with Crippen molar-refractivity contribution in [2.75, 3.05) is 11.9 Å². The van der Waals surface area contributed by atoms with Gasteiger partial charge in [0.15, 0.2) is 11.8 Å². The molecular formula is C16H14Cl2N2O3S. The molecule has 0 aliphatic rings. The Morgan fingerprint density at radius 1 is 1.25 bits per heavy atom. The Morgan fingerprint density at radius 2 is 1.96 bits per heavy atom. The molecule has 0 radical (unpaired) electrons. The van der Waals surface area contributed by atoms with Gasteiger partial charge in [0.05, 0.1) is 5.69 Å². The van der Waals surface area contributed by atoms with Crippen molar-refractivity contribution < 1.29 is 14.3 Å². The number of nitrogens with one attached hydrogen (secondary N) is 1. The van der Waals surface area contributed by atoms with E-state index in [0.717, 1.165) is 4.90 Å². The van der Waals surface area contributed by atoms with Crippen molar-refractivity contribution >= 4 is 52.5 Å². The maximum atomic E-state index is 12.0. The van der Waals surface area contributed by atoms with Gasteiger partial charge in [0.1, 0.15) is 5.25 Å². The summed E-state index contributed by atoms with van der Waals surface area (Å²) in [7, 11) is 0. The number of amides is 1. The van der Waals surface area contributed by atoms with Crippen LogP contribution in [0.15, 0.2) is 47.5 Å². The second kappa shape index (κ2) is 8.92. The number of aromatic nitrogens is 1. The molecule has 1 atom stereocenters. The van der Waals surface area contributed by atoms with Gasteiger partial charge in [0.25, 0.3) is 5.91 Å². The van der Waals surface area contributed by atoms with E-state index in [1.807, 2.05) is 12.1 Å². The highest BCUT2D eigenvalue weighted by Crippen LogP contribution is 2.25. The highest BCUT2D eigenvalue weighted by atomic mass is 35.5. The number of esters is 1. The van der Waals surface area contributed by atoms with E-state index < -0.39 is 23.7 Å². The van der Waals surface area contributed by atoms with Gasteiger partial charge < -0.3 is 10.1 Å². The number of hydrogen-bond donors (Lipinski definition) is 1. The molecule has 1 amide bonds. The quantitative estimate of drug-likeness (QED) is 0.462. The van der Waals surface area contributed by atoms with Crippen molar-refractivity contribution in [1.82, 2.24) is 4.98 Å². The average molecular weight is 385 g/mol. The lowest BCUT2D eigenvalue weighted by molar-refractivity contribution is -0.146. The maximum absolute atomic E-state index is 12.0. The molecule has 0 saturated carbocycles. The van der Waals surface area contributed by atoms with Gasteiger partial charge in [-0.25, -0.2) is 4.98 Å². The molecule has 1 aromatic carbocycles. The number of hydrogen-bond acceptors (Lipinski definition) is 5. The summed E-state index contributed by atoms with van der Waals surface area (Å²) in [4.78, 5) is 28.5. The third-order valence-corrected chi connectivity index (χ3v) is 4.48. The summed E-state index contributed by atoms with van der Waals surface area (Å²) in [6.45, 7) is 1.31. The lowest BCUT2D eigenvalue weighted by Crippen LogP contribution is -2.25. The summed E-state index contributed by atoms with van der Waals surface area (Å²) in [5, 5.41) is 2.87. The van der Waals surface area contributed by atoms with Crippen LogP contribution in [0.25, 0.3) is 0 Å². The molecule has 0 aliphatic heterocycles. The van der Waals surface area contributed by atoms with Crippen molar-refractivity contribution in [2.45, 2.75) is 17.1 Å². The number of benzene rings is 1. The number of ether oxygens (including phenoxy) is 1. The molecule has 2 aromatic rings. The fraction of sp³-hybridized carbons (Fsp3) is 0.188. The Hall–Kier alpha value is -1.76. The number of halogens is 2. The number of carbonyl (C=O) groups excluding carboxylic acids is 2. The van der Waals surface area contributed by atoms with Crippen molar-refractivity contribution in [3.63, 3.8) is 0 Å². The molecule has 24 heavy (non-hydrogen) atoms. The zero-order valence-corrected chi connectivity index (χ0v) is 15.0. The molecule has 0 unspecified atom stereocenters. The van der Waals surface area contributed by atoms with Gasteiger partial charge in [0.2, 0.25) is 0 Å². The number of rotatable bonds is 6. The topological polar surface area (TPSA) is 68.3 Å². The smallest absolute Gasteiger partial charge is 0.319 e. The molecule has 0 bridgehead atoms. The van der Waals surface area contributed by atoms with Crippen molar-refractivity contribution in [3.8, 4) is 0 Å². The Labute approximate surface area is 153 Å². The Kier molecular flexibility index (Phi) is 6.90. The first-order chi connectivity index (χ1) is 11.5. The van der Waals surface area contributed by atoms with Gasteiger partial charge in [-0.05, 0) is 43.3 Å². The van der Waals surface area contributed by atoms with Crippen LogP contribution < -0.4 is 5.32 Å². The summed E-state index contributed by atoms with van der Waals surface area (Å²) in [6.07, 6.45) is 1.51. The molecule has 0 spiro atoms. The third kappa shape index (κ3) is 5.70. The number of thioether (sulfide) groups is 1. The molecule has 0 saturated heterocycles. The Morgan fingerprint density at radius 3 is 2.62 bits per heavy atom.